The number of benzene rings is 3. The van der Waals surface area contributed by atoms with Gasteiger partial charge in [-0.2, -0.15) is 4.98 Å². The maximum atomic E-state index is 13.1. The molecule has 0 radical (unpaired) electrons. The SMILES string of the molecule is Cc1ccc(-c2nc3n(n2)C(c2ccc(OCc4ccccc4)cc2)C2=C(CCCC2=O)N3)cc1C. The molecule has 1 aliphatic heterocycles. The van der Waals surface area contributed by atoms with Gasteiger partial charge < -0.3 is 10.1 Å². The molecule has 0 fully saturated rings. The van der Waals surface area contributed by atoms with E-state index in [1.807, 2.05) is 59.3 Å². The van der Waals surface area contributed by atoms with Gasteiger partial charge in [0.15, 0.2) is 11.6 Å². The molecule has 6 heteroatoms. The fraction of sp³-hybridized carbons (Fsp3) is 0.233. The van der Waals surface area contributed by atoms with Gasteiger partial charge in [-0.05, 0) is 67.1 Å². The minimum atomic E-state index is -0.319. The summed E-state index contributed by atoms with van der Waals surface area (Å²) in [7, 11) is 0. The minimum Gasteiger partial charge on any atom is -0.489 e. The Morgan fingerprint density at radius 1 is 0.972 bits per heavy atom. The van der Waals surface area contributed by atoms with Crippen molar-refractivity contribution in [2.75, 3.05) is 5.32 Å². The second-order valence-corrected chi connectivity index (χ2v) is 9.54. The average molecular weight is 477 g/mol. The van der Waals surface area contributed by atoms with Gasteiger partial charge in [-0.1, -0.05) is 54.6 Å². The zero-order valence-electron chi connectivity index (χ0n) is 20.5. The Bertz CT molecular complexity index is 1470. The maximum Gasteiger partial charge on any atom is 0.226 e. The molecule has 3 aromatic carbocycles. The number of hydrogen-bond acceptors (Lipinski definition) is 5. The van der Waals surface area contributed by atoms with Gasteiger partial charge in [-0.3, -0.25) is 4.79 Å². The van der Waals surface area contributed by atoms with E-state index in [9.17, 15) is 4.79 Å². The summed E-state index contributed by atoms with van der Waals surface area (Å²) < 4.78 is 7.86. The lowest BCUT2D eigenvalue weighted by Crippen LogP contribution is -2.31. The molecule has 1 unspecified atom stereocenters. The third-order valence-corrected chi connectivity index (χ3v) is 7.08. The number of ether oxygens (including phenoxy) is 1. The van der Waals surface area contributed by atoms with E-state index in [4.69, 9.17) is 14.8 Å². The van der Waals surface area contributed by atoms with Crippen molar-refractivity contribution < 1.29 is 9.53 Å². The van der Waals surface area contributed by atoms with Crippen LogP contribution in [-0.2, 0) is 11.4 Å². The van der Waals surface area contributed by atoms with Crippen LogP contribution in [0.4, 0.5) is 5.95 Å². The Morgan fingerprint density at radius 3 is 2.56 bits per heavy atom. The summed E-state index contributed by atoms with van der Waals surface area (Å²) >= 11 is 0. The standard InChI is InChI=1S/C30H28N4O2/c1-19-11-12-23(17-20(19)2)29-32-30-31-25-9-6-10-26(35)27(25)28(34(30)33-29)22-13-15-24(16-14-22)36-18-21-7-4-3-5-8-21/h3-5,7-8,11-17,28H,6,9-10,18H2,1-2H3,(H,31,32,33). The number of anilines is 1. The first kappa shape index (κ1) is 22.3. The van der Waals surface area contributed by atoms with E-state index in [-0.39, 0.29) is 11.8 Å². The summed E-state index contributed by atoms with van der Waals surface area (Å²) in [6.45, 7) is 4.70. The van der Waals surface area contributed by atoms with Gasteiger partial charge in [0.25, 0.3) is 0 Å². The first-order chi connectivity index (χ1) is 17.6. The molecule has 6 rings (SSSR count). The predicted octanol–water partition coefficient (Wildman–Crippen LogP) is 6.16. The van der Waals surface area contributed by atoms with Gasteiger partial charge in [0.1, 0.15) is 18.4 Å². The molecule has 36 heavy (non-hydrogen) atoms. The molecule has 0 saturated heterocycles. The number of nitrogens with zero attached hydrogens (tertiary/aromatic N) is 3. The van der Waals surface area contributed by atoms with Crippen molar-refractivity contribution >= 4 is 11.7 Å². The molecule has 2 aliphatic rings. The molecule has 0 amide bonds. The topological polar surface area (TPSA) is 69.0 Å². The second kappa shape index (κ2) is 9.11. The van der Waals surface area contributed by atoms with E-state index < -0.39 is 0 Å². The van der Waals surface area contributed by atoms with E-state index >= 15 is 0 Å². The summed E-state index contributed by atoms with van der Waals surface area (Å²) in [5.74, 6) is 2.29. The molecule has 6 nitrogen and oxygen atoms in total. The Labute approximate surface area is 210 Å². The lowest BCUT2D eigenvalue weighted by atomic mass is 9.85. The number of fused-ring (bicyclic) bond motifs is 1. The van der Waals surface area contributed by atoms with Crippen LogP contribution in [0.1, 0.15) is 47.6 Å². The summed E-state index contributed by atoms with van der Waals surface area (Å²) in [5.41, 5.74) is 7.27. The van der Waals surface area contributed by atoms with Crippen molar-refractivity contribution in [1.82, 2.24) is 14.8 Å². The van der Waals surface area contributed by atoms with Crippen LogP contribution < -0.4 is 10.1 Å². The molecule has 1 atom stereocenters. The van der Waals surface area contributed by atoms with Crippen LogP contribution in [-0.4, -0.2) is 20.5 Å². The van der Waals surface area contributed by atoms with Crippen molar-refractivity contribution in [1.29, 1.82) is 0 Å². The van der Waals surface area contributed by atoms with Crippen molar-refractivity contribution in [2.45, 2.75) is 45.8 Å². The number of carbonyl (C=O) groups is 1. The molecule has 0 saturated carbocycles. The number of hydrogen-bond donors (Lipinski definition) is 1. The van der Waals surface area contributed by atoms with Crippen molar-refractivity contribution in [2.24, 2.45) is 0 Å². The van der Waals surface area contributed by atoms with Gasteiger partial charge in [-0.15, -0.1) is 5.10 Å². The number of carbonyl (C=O) groups excluding carboxylic acids is 1. The van der Waals surface area contributed by atoms with Crippen LogP contribution in [0.25, 0.3) is 11.4 Å². The van der Waals surface area contributed by atoms with E-state index in [0.717, 1.165) is 46.6 Å². The van der Waals surface area contributed by atoms with E-state index in [1.165, 1.54) is 11.1 Å². The molecule has 1 N–H and O–H groups in total. The molecular formula is C30H28N4O2. The average Bonchev–Trinajstić information content (AvgIpc) is 3.33. The van der Waals surface area contributed by atoms with E-state index in [0.29, 0.717) is 24.8 Å². The number of ketones is 1. The maximum absolute atomic E-state index is 13.1. The molecule has 4 aromatic rings. The summed E-state index contributed by atoms with van der Waals surface area (Å²) in [5, 5.41) is 8.32. The number of aromatic nitrogens is 3. The normalized spacial score (nSPS) is 16.8. The van der Waals surface area contributed by atoms with Gasteiger partial charge in [0.05, 0.1) is 0 Å². The first-order valence-electron chi connectivity index (χ1n) is 12.4. The molecule has 0 bridgehead atoms. The van der Waals surface area contributed by atoms with E-state index in [2.05, 4.69) is 37.4 Å². The number of aryl methyl sites for hydroxylation is 2. The van der Waals surface area contributed by atoms with Crippen LogP contribution >= 0.6 is 0 Å². The molecule has 1 aromatic heterocycles. The highest BCUT2D eigenvalue weighted by Gasteiger charge is 2.36. The van der Waals surface area contributed by atoms with Crippen LogP contribution in [0, 0.1) is 13.8 Å². The second-order valence-electron chi connectivity index (χ2n) is 9.54. The van der Waals surface area contributed by atoms with Crippen molar-refractivity contribution in [3.63, 3.8) is 0 Å². The number of rotatable bonds is 5. The molecule has 180 valence electrons. The zero-order chi connectivity index (χ0) is 24.6. The smallest absolute Gasteiger partial charge is 0.226 e. The molecule has 2 heterocycles. The zero-order valence-corrected chi connectivity index (χ0v) is 20.5. The summed E-state index contributed by atoms with van der Waals surface area (Å²) in [4.78, 5) is 18.0. The molecule has 0 spiro atoms. The largest absolute Gasteiger partial charge is 0.489 e. The quantitative estimate of drug-likeness (QED) is 0.373. The Kier molecular flexibility index (Phi) is 5.64. The highest BCUT2D eigenvalue weighted by Crippen LogP contribution is 2.41. The third-order valence-electron chi connectivity index (χ3n) is 7.08. The minimum absolute atomic E-state index is 0.173. The predicted molar refractivity (Wildman–Crippen MR) is 140 cm³/mol. The monoisotopic (exact) mass is 476 g/mol. The van der Waals surface area contributed by atoms with Crippen molar-refractivity contribution in [3.8, 4) is 17.1 Å². The summed E-state index contributed by atoms with van der Waals surface area (Å²) in [6, 6.07) is 24.0. The highest BCUT2D eigenvalue weighted by atomic mass is 16.5. The fourth-order valence-electron chi connectivity index (χ4n) is 4.95. The molecular weight excluding hydrogens is 448 g/mol. The van der Waals surface area contributed by atoms with Crippen LogP contribution in [0.15, 0.2) is 84.1 Å². The van der Waals surface area contributed by atoms with Gasteiger partial charge in [0.2, 0.25) is 5.95 Å². The van der Waals surface area contributed by atoms with Crippen LogP contribution in [0.3, 0.4) is 0 Å². The number of nitrogens with one attached hydrogen (secondary N) is 1. The van der Waals surface area contributed by atoms with Crippen molar-refractivity contribution in [3.05, 3.63) is 106 Å². The number of allylic oxidation sites excluding steroid dienone is 2. The van der Waals surface area contributed by atoms with Crippen LogP contribution in [0.2, 0.25) is 0 Å². The van der Waals surface area contributed by atoms with E-state index in [1.54, 1.807) is 0 Å². The molecule has 1 aliphatic carbocycles. The highest BCUT2D eigenvalue weighted by molar-refractivity contribution is 5.99. The van der Waals surface area contributed by atoms with Crippen LogP contribution in [0.5, 0.6) is 5.75 Å². The third kappa shape index (κ3) is 4.09. The van der Waals surface area contributed by atoms with Gasteiger partial charge in [-0.25, -0.2) is 4.68 Å². The van der Waals surface area contributed by atoms with Gasteiger partial charge >= 0.3 is 0 Å². The number of Topliss-reactive ketones (excluding diaryl/α,β-unsaturated/α-hetero) is 1. The summed E-state index contributed by atoms with van der Waals surface area (Å²) in [6.07, 6.45) is 2.24. The Balaban J connectivity index is 1.35. The Hall–Kier alpha value is -4.19. The first-order valence-corrected chi connectivity index (χ1v) is 12.4. The lowest BCUT2D eigenvalue weighted by Gasteiger charge is -2.32. The Morgan fingerprint density at radius 2 is 1.78 bits per heavy atom. The van der Waals surface area contributed by atoms with Gasteiger partial charge in [0, 0.05) is 23.3 Å². The lowest BCUT2D eigenvalue weighted by molar-refractivity contribution is -0.116. The fourth-order valence-corrected chi connectivity index (χ4v) is 4.95.